The highest BCUT2D eigenvalue weighted by atomic mass is 16.3. The highest BCUT2D eigenvalue weighted by Crippen LogP contribution is 2.24. The molecule has 78 valence electrons. The van der Waals surface area contributed by atoms with Crippen LogP contribution in [-0.2, 0) is 4.79 Å². The lowest BCUT2D eigenvalue weighted by Gasteiger charge is -2.22. The van der Waals surface area contributed by atoms with Gasteiger partial charge >= 0.3 is 0 Å². The third-order valence-electron chi connectivity index (χ3n) is 2.50. The van der Waals surface area contributed by atoms with Crippen LogP contribution in [0.25, 0.3) is 0 Å². The van der Waals surface area contributed by atoms with Gasteiger partial charge < -0.3 is 5.11 Å². The number of carbonyl (C=O) groups excluding carboxylic acids is 1. The van der Waals surface area contributed by atoms with Crippen molar-refractivity contribution in [2.45, 2.75) is 20.3 Å². The van der Waals surface area contributed by atoms with Gasteiger partial charge in [-0.25, -0.2) is 0 Å². The summed E-state index contributed by atoms with van der Waals surface area (Å²) < 4.78 is 0. The molecule has 2 nitrogen and oxygen atoms in total. The van der Waals surface area contributed by atoms with Gasteiger partial charge in [-0.3, -0.25) is 4.79 Å². The first kappa shape index (κ1) is 11.2. The molecule has 0 aromatic carbocycles. The molecule has 0 unspecified atom stereocenters. The van der Waals surface area contributed by atoms with Crippen LogP contribution in [0.4, 0.5) is 0 Å². The third kappa shape index (κ3) is 2.81. The van der Waals surface area contributed by atoms with E-state index in [1.807, 2.05) is 18.2 Å². The largest absolute Gasteiger partial charge is 0.396 e. The second kappa shape index (κ2) is 5.11. The smallest absolute Gasteiger partial charge is 0.162 e. The minimum atomic E-state index is -0.118. The number of aliphatic hydroxyl groups is 1. The SMILES string of the molecule is CC(C)/C=C\[C@H]1C(=O)C=CC[C@@H]1CO. The topological polar surface area (TPSA) is 37.3 Å². The zero-order valence-electron chi connectivity index (χ0n) is 8.81. The standard InChI is InChI=1S/C12H18O2/c1-9(2)6-7-11-10(8-13)4-3-5-12(11)14/h3,5-7,9-11,13H,4,8H2,1-2H3/b7-6-/t10-,11-/m1/s1. The zero-order chi connectivity index (χ0) is 10.6. The molecule has 0 amide bonds. The number of allylic oxidation sites excluding steroid dienone is 4. The van der Waals surface area contributed by atoms with Gasteiger partial charge in [0.1, 0.15) is 0 Å². The van der Waals surface area contributed by atoms with E-state index < -0.39 is 0 Å². The van der Waals surface area contributed by atoms with E-state index in [0.29, 0.717) is 5.92 Å². The molecule has 0 saturated heterocycles. The second-order valence-corrected chi connectivity index (χ2v) is 4.14. The molecule has 1 aliphatic carbocycles. The Kier molecular flexibility index (Phi) is 4.08. The summed E-state index contributed by atoms with van der Waals surface area (Å²) in [4.78, 5) is 11.5. The summed E-state index contributed by atoms with van der Waals surface area (Å²) in [5.41, 5.74) is 0. The van der Waals surface area contributed by atoms with Crippen molar-refractivity contribution in [2.24, 2.45) is 17.8 Å². The average molecular weight is 194 g/mol. The van der Waals surface area contributed by atoms with Crippen LogP contribution in [0.2, 0.25) is 0 Å². The fourth-order valence-corrected chi connectivity index (χ4v) is 1.63. The quantitative estimate of drug-likeness (QED) is 0.697. The van der Waals surface area contributed by atoms with Gasteiger partial charge in [0, 0.05) is 12.5 Å². The molecule has 0 aromatic rings. The molecule has 1 rings (SSSR count). The molecule has 0 bridgehead atoms. The van der Waals surface area contributed by atoms with Gasteiger partial charge in [0.25, 0.3) is 0 Å². The van der Waals surface area contributed by atoms with Crippen molar-refractivity contribution in [2.75, 3.05) is 6.61 Å². The minimum absolute atomic E-state index is 0.0718. The fraction of sp³-hybridized carbons (Fsp3) is 0.583. The highest BCUT2D eigenvalue weighted by molar-refractivity contribution is 5.94. The Labute approximate surface area is 85.3 Å². The first-order chi connectivity index (χ1) is 6.65. The first-order valence-electron chi connectivity index (χ1n) is 5.14. The van der Waals surface area contributed by atoms with Gasteiger partial charge in [-0.1, -0.05) is 32.1 Å². The van der Waals surface area contributed by atoms with Gasteiger partial charge in [-0.05, 0) is 24.3 Å². The van der Waals surface area contributed by atoms with Crippen molar-refractivity contribution < 1.29 is 9.90 Å². The minimum Gasteiger partial charge on any atom is -0.396 e. The Morgan fingerprint density at radius 2 is 2.36 bits per heavy atom. The summed E-state index contributed by atoms with van der Waals surface area (Å²) in [6, 6.07) is 0. The number of ketones is 1. The summed E-state index contributed by atoms with van der Waals surface area (Å²) in [7, 11) is 0. The van der Waals surface area contributed by atoms with E-state index >= 15 is 0 Å². The monoisotopic (exact) mass is 194 g/mol. The van der Waals surface area contributed by atoms with E-state index in [2.05, 4.69) is 13.8 Å². The Morgan fingerprint density at radius 3 is 2.93 bits per heavy atom. The molecule has 0 radical (unpaired) electrons. The summed E-state index contributed by atoms with van der Waals surface area (Å²) in [6.45, 7) is 4.24. The van der Waals surface area contributed by atoms with Gasteiger partial charge in [0.15, 0.2) is 5.78 Å². The number of aliphatic hydroxyl groups excluding tert-OH is 1. The second-order valence-electron chi connectivity index (χ2n) is 4.14. The lowest BCUT2D eigenvalue weighted by molar-refractivity contribution is -0.119. The maximum Gasteiger partial charge on any atom is 0.162 e. The van der Waals surface area contributed by atoms with Crippen LogP contribution in [-0.4, -0.2) is 17.5 Å². The maximum absolute atomic E-state index is 11.5. The molecule has 0 spiro atoms. The first-order valence-corrected chi connectivity index (χ1v) is 5.14. The Bertz CT molecular complexity index is 251. The van der Waals surface area contributed by atoms with E-state index in [1.54, 1.807) is 6.08 Å². The van der Waals surface area contributed by atoms with Crippen molar-refractivity contribution in [1.29, 1.82) is 0 Å². The zero-order valence-corrected chi connectivity index (χ0v) is 8.81. The van der Waals surface area contributed by atoms with Crippen molar-refractivity contribution in [3.8, 4) is 0 Å². The molecule has 1 N–H and O–H groups in total. The van der Waals surface area contributed by atoms with Gasteiger partial charge in [0.05, 0.1) is 0 Å². The molecule has 1 aliphatic rings. The normalized spacial score (nSPS) is 27.9. The maximum atomic E-state index is 11.5. The van der Waals surface area contributed by atoms with Crippen molar-refractivity contribution in [3.63, 3.8) is 0 Å². The summed E-state index contributed by atoms with van der Waals surface area (Å²) in [5.74, 6) is 0.523. The number of carbonyl (C=O) groups is 1. The van der Waals surface area contributed by atoms with E-state index in [1.165, 1.54) is 0 Å². The van der Waals surface area contributed by atoms with Gasteiger partial charge in [-0.15, -0.1) is 0 Å². The molecular formula is C12H18O2. The lowest BCUT2D eigenvalue weighted by atomic mass is 9.82. The van der Waals surface area contributed by atoms with Crippen LogP contribution in [0, 0.1) is 17.8 Å². The molecule has 2 heteroatoms. The molecule has 0 aliphatic heterocycles. The van der Waals surface area contributed by atoms with E-state index in [4.69, 9.17) is 5.11 Å². The molecule has 0 saturated carbocycles. The van der Waals surface area contributed by atoms with Crippen LogP contribution in [0.3, 0.4) is 0 Å². The Balaban J connectivity index is 2.71. The number of hydrogen-bond acceptors (Lipinski definition) is 2. The van der Waals surface area contributed by atoms with Crippen LogP contribution in [0.5, 0.6) is 0 Å². The van der Waals surface area contributed by atoms with Crippen molar-refractivity contribution >= 4 is 5.78 Å². The predicted octanol–water partition coefficient (Wildman–Crippen LogP) is 1.95. The molecule has 0 fully saturated rings. The van der Waals surface area contributed by atoms with Gasteiger partial charge in [-0.2, -0.15) is 0 Å². The molecule has 0 aromatic heterocycles. The summed E-state index contributed by atoms with van der Waals surface area (Å²) in [5, 5.41) is 9.12. The predicted molar refractivity (Wildman–Crippen MR) is 56.8 cm³/mol. The van der Waals surface area contributed by atoms with E-state index in [-0.39, 0.29) is 24.2 Å². The van der Waals surface area contributed by atoms with Crippen molar-refractivity contribution in [3.05, 3.63) is 24.3 Å². The van der Waals surface area contributed by atoms with Crippen molar-refractivity contribution in [1.82, 2.24) is 0 Å². The van der Waals surface area contributed by atoms with E-state index in [0.717, 1.165) is 6.42 Å². The number of rotatable bonds is 3. The van der Waals surface area contributed by atoms with Gasteiger partial charge in [0.2, 0.25) is 0 Å². The summed E-state index contributed by atoms with van der Waals surface area (Å²) >= 11 is 0. The molecule has 14 heavy (non-hydrogen) atoms. The Morgan fingerprint density at radius 1 is 1.64 bits per heavy atom. The molecule has 2 atom stereocenters. The van der Waals surface area contributed by atoms with E-state index in [9.17, 15) is 4.79 Å². The Hall–Kier alpha value is -0.890. The van der Waals surface area contributed by atoms with Crippen LogP contribution >= 0.6 is 0 Å². The average Bonchev–Trinajstić information content (AvgIpc) is 2.15. The van der Waals surface area contributed by atoms with Crippen LogP contribution < -0.4 is 0 Å². The highest BCUT2D eigenvalue weighted by Gasteiger charge is 2.25. The van der Waals surface area contributed by atoms with Crippen LogP contribution in [0.1, 0.15) is 20.3 Å². The van der Waals surface area contributed by atoms with Crippen LogP contribution in [0.15, 0.2) is 24.3 Å². The molecular weight excluding hydrogens is 176 g/mol. The fourth-order valence-electron chi connectivity index (χ4n) is 1.63. The lowest BCUT2D eigenvalue weighted by Crippen LogP contribution is -2.26. The third-order valence-corrected chi connectivity index (χ3v) is 2.50. The summed E-state index contributed by atoms with van der Waals surface area (Å²) in [6.07, 6.45) is 8.25. The molecule has 0 heterocycles. The number of hydrogen-bond donors (Lipinski definition) is 1.